The Balaban J connectivity index is 0.994. The van der Waals surface area contributed by atoms with E-state index < -0.39 is 196 Å². The van der Waals surface area contributed by atoms with Crippen molar-refractivity contribution in [3.8, 4) is 0 Å². The number of rotatable bonds is 19. The number of aliphatic hydroxyl groups is 14. The van der Waals surface area contributed by atoms with Gasteiger partial charge in [0, 0.05) is 0 Å². The molecular weight excluding hydrogens is 1110 g/mol. The molecule has 26 nitrogen and oxygen atoms in total. The molecule has 0 aromatic heterocycles. The van der Waals surface area contributed by atoms with E-state index in [9.17, 15) is 81.1 Å². The van der Waals surface area contributed by atoms with Gasteiger partial charge in [-0.05, 0) is 124 Å². The molecule has 0 bridgehead atoms. The minimum Gasteiger partial charge on any atom is -0.469 e. The quantitative estimate of drug-likeness (QED) is 0.0285. The Hall–Kier alpha value is -2.20. The van der Waals surface area contributed by atoms with Crippen molar-refractivity contribution in [3.05, 3.63) is 11.6 Å². The van der Waals surface area contributed by atoms with E-state index in [0.717, 1.165) is 31.9 Å². The molecule has 8 fully saturated rings. The van der Waals surface area contributed by atoms with Gasteiger partial charge in [0.05, 0.1) is 44.7 Å². The van der Waals surface area contributed by atoms with Gasteiger partial charge in [-0.1, -0.05) is 46.3 Å². The lowest BCUT2D eigenvalue weighted by Crippen LogP contribution is -2.68. The number of carbonyl (C=O) groups is 2. The zero-order valence-electron chi connectivity index (χ0n) is 49.6. The van der Waals surface area contributed by atoms with E-state index in [1.165, 1.54) is 0 Å². The summed E-state index contributed by atoms with van der Waals surface area (Å²) in [5, 5.41) is 154. The van der Waals surface area contributed by atoms with Gasteiger partial charge in [-0.3, -0.25) is 9.59 Å². The highest BCUT2D eigenvalue weighted by atomic mass is 16.8. The summed E-state index contributed by atoms with van der Waals surface area (Å²) in [4.78, 5) is 23.9. The number of carbonyl (C=O) groups excluding carboxylic acids is 2. The minimum absolute atomic E-state index is 0.00133. The molecule has 26 heteroatoms. The van der Waals surface area contributed by atoms with Crippen LogP contribution in [-0.2, 0) is 57.0 Å². The third-order valence-electron chi connectivity index (χ3n) is 21.6. The number of hydrogen-bond acceptors (Lipinski definition) is 26. The Morgan fingerprint density at radius 3 is 1.73 bits per heavy atom. The molecule has 8 aliphatic rings. The number of fused-ring (bicyclic) bond motifs is 5. The summed E-state index contributed by atoms with van der Waals surface area (Å²) < 4.78 is 58.8. The van der Waals surface area contributed by atoms with Crippen LogP contribution < -0.4 is 0 Å². The van der Waals surface area contributed by atoms with E-state index in [2.05, 4.69) is 45.4 Å². The molecule has 84 heavy (non-hydrogen) atoms. The van der Waals surface area contributed by atoms with Crippen molar-refractivity contribution < 1.29 is 128 Å². The summed E-state index contributed by atoms with van der Waals surface area (Å²) in [6, 6.07) is 0. The second-order valence-corrected chi connectivity index (χ2v) is 27.0. The highest BCUT2D eigenvalue weighted by molar-refractivity contribution is 5.91. The van der Waals surface area contributed by atoms with E-state index in [-0.39, 0.29) is 34.5 Å². The number of aliphatic hydroxyl groups excluding tert-OH is 14. The molecule has 4 aliphatic heterocycles. The molecule has 8 rings (SSSR count). The predicted octanol–water partition coefficient (Wildman–Crippen LogP) is -2.09. The van der Waals surface area contributed by atoms with Crippen LogP contribution >= 0.6 is 0 Å². The summed E-state index contributed by atoms with van der Waals surface area (Å²) in [6.07, 6.45) is -27.6. The van der Waals surface area contributed by atoms with Crippen LogP contribution in [0.1, 0.15) is 120 Å². The second-order valence-electron chi connectivity index (χ2n) is 27.0. The number of ether oxygens (including phenoxy) is 10. The molecule has 0 amide bonds. The van der Waals surface area contributed by atoms with Crippen molar-refractivity contribution in [2.45, 2.75) is 260 Å². The van der Waals surface area contributed by atoms with Gasteiger partial charge < -0.3 is 119 Å². The van der Waals surface area contributed by atoms with Gasteiger partial charge in [0.15, 0.2) is 25.2 Å². The Morgan fingerprint density at radius 2 is 1.12 bits per heavy atom. The molecule has 30 atom stereocenters. The Morgan fingerprint density at radius 1 is 0.583 bits per heavy atom. The van der Waals surface area contributed by atoms with Gasteiger partial charge in [-0.15, -0.1) is 0 Å². The fourth-order valence-corrected chi connectivity index (χ4v) is 16.7. The van der Waals surface area contributed by atoms with Gasteiger partial charge >= 0.3 is 11.9 Å². The van der Waals surface area contributed by atoms with Crippen molar-refractivity contribution in [2.24, 2.45) is 45.3 Å². The van der Waals surface area contributed by atoms with Crippen molar-refractivity contribution in [3.63, 3.8) is 0 Å². The van der Waals surface area contributed by atoms with E-state index in [0.29, 0.717) is 38.5 Å². The van der Waals surface area contributed by atoms with Crippen LogP contribution in [0.2, 0.25) is 0 Å². The van der Waals surface area contributed by atoms with Crippen molar-refractivity contribution in [1.82, 2.24) is 0 Å². The zero-order chi connectivity index (χ0) is 61.9. The maximum atomic E-state index is 12.9. The lowest BCUT2D eigenvalue weighted by Gasteiger charge is -2.71. The smallest absolute Gasteiger partial charge is 0.317 e. The lowest BCUT2D eigenvalue weighted by molar-refractivity contribution is -0.378. The maximum absolute atomic E-state index is 12.9. The van der Waals surface area contributed by atoms with Gasteiger partial charge in [0.25, 0.3) is 0 Å². The number of methoxy groups -OCH3 is 1. The monoisotopic (exact) mass is 1210 g/mol. The molecule has 0 spiro atoms. The summed E-state index contributed by atoms with van der Waals surface area (Å²) in [5.41, 5.74) is -1.80. The maximum Gasteiger partial charge on any atom is 0.317 e. The molecule has 14 N–H and O–H groups in total. The van der Waals surface area contributed by atoms with E-state index in [1.807, 2.05) is 20.8 Å². The number of hydrogen-bond donors (Lipinski definition) is 14. The van der Waals surface area contributed by atoms with E-state index in [4.69, 9.17) is 42.6 Å². The molecule has 0 radical (unpaired) electrons. The van der Waals surface area contributed by atoms with Gasteiger partial charge in [0.1, 0.15) is 111 Å². The highest BCUT2D eigenvalue weighted by Crippen LogP contribution is 2.76. The van der Waals surface area contributed by atoms with Crippen molar-refractivity contribution >= 4 is 11.9 Å². The molecule has 4 saturated heterocycles. The van der Waals surface area contributed by atoms with Crippen molar-refractivity contribution in [2.75, 3.05) is 33.5 Å². The third-order valence-corrected chi connectivity index (χ3v) is 21.6. The van der Waals surface area contributed by atoms with Gasteiger partial charge in [-0.2, -0.15) is 0 Å². The highest BCUT2D eigenvalue weighted by Gasteiger charge is 2.72. The fraction of sp³-hybridized carbons (Fsp3) is 0.931. The first-order valence-corrected chi connectivity index (χ1v) is 29.8. The Kier molecular flexibility index (Phi) is 21.2. The van der Waals surface area contributed by atoms with Crippen molar-refractivity contribution in [1.29, 1.82) is 0 Å². The van der Waals surface area contributed by atoms with Crippen LogP contribution in [0.15, 0.2) is 11.6 Å². The Labute approximate surface area is 489 Å². The molecule has 4 heterocycles. The van der Waals surface area contributed by atoms with Crippen LogP contribution in [0, 0.1) is 45.3 Å². The minimum atomic E-state index is -1.93. The van der Waals surface area contributed by atoms with Crippen LogP contribution in [-0.4, -0.2) is 258 Å². The fourth-order valence-electron chi connectivity index (χ4n) is 16.7. The SMILES string of the molecule is COC(=O)CC(=O)OC[C@H]1O[C@@H](O[C@H]2[C@H](O[C@H]3CC[C@]4(C)[C@H]5C[C@@H](O)[C@@H]6[C@@H]([C@](C)(CCC=C(C)C)O[C@@H]7O[C@H](CO[C@@H]8O[C@H](CO)[C@@H](O)[C@H](O)[C@H]8O)[C@@H](O)[C@H](O)[C@H]7O)CC[C@@]6(C)[C@]5(C)CC[C@H]4C3(C)C)O[C@H](CO)[C@@H](O)[C@@H]2O)[C@H](O)[C@@H](O)[C@@H]1O. The van der Waals surface area contributed by atoms with E-state index in [1.54, 1.807) is 0 Å². The largest absolute Gasteiger partial charge is 0.469 e. The average Bonchev–Trinajstić information content (AvgIpc) is 1.31. The van der Waals surface area contributed by atoms with Crippen LogP contribution in [0.5, 0.6) is 0 Å². The molecule has 0 aromatic rings. The number of esters is 2. The molecule has 0 unspecified atom stereocenters. The first-order chi connectivity index (χ1) is 39.3. The molecule has 4 saturated carbocycles. The number of allylic oxidation sites excluding steroid dienone is 2. The van der Waals surface area contributed by atoms with Gasteiger partial charge in [-0.25, -0.2) is 0 Å². The summed E-state index contributed by atoms with van der Waals surface area (Å²) >= 11 is 0. The van der Waals surface area contributed by atoms with Crippen LogP contribution in [0.3, 0.4) is 0 Å². The predicted molar refractivity (Wildman–Crippen MR) is 287 cm³/mol. The molecule has 0 aromatic carbocycles. The van der Waals surface area contributed by atoms with Gasteiger partial charge in [0.2, 0.25) is 0 Å². The normalized spacial score (nSPS) is 49.1. The van der Waals surface area contributed by atoms with Crippen LogP contribution in [0.4, 0.5) is 0 Å². The topological polar surface area (TPSA) is 410 Å². The first-order valence-electron chi connectivity index (χ1n) is 29.8. The zero-order valence-corrected chi connectivity index (χ0v) is 49.6. The third kappa shape index (κ3) is 12.5. The summed E-state index contributed by atoms with van der Waals surface area (Å²) in [6.45, 7) is 14.4. The molecular formula is C58H96O26. The lowest BCUT2D eigenvalue weighted by atomic mass is 9.35. The van der Waals surface area contributed by atoms with Crippen LogP contribution in [0.25, 0.3) is 0 Å². The molecule has 4 aliphatic carbocycles. The summed E-state index contributed by atoms with van der Waals surface area (Å²) in [7, 11) is 1.08. The second kappa shape index (κ2) is 26.3. The first kappa shape index (κ1) is 67.7. The average molecular weight is 1210 g/mol. The Bertz CT molecular complexity index is 2250. The molecule has 484 valence electrons. The summed E-state index contributed by atoms with van der Waals surface area (Å²) in [5.74, 6) is -2.52. The standard InChI is InChI=1S/C58H96O26/c1-25(2)11-10-15-58(8,84-52-48(74)44(70)41(67)31(81-52)24-77-50-46(72)42(68)38(64)28(21-59)78-50)26-12-17-57(7)37(26)27(61)19-33-55(5)16-14-34(54(3,4)32(55)13-18-56(33,57)6)82-53-49(45(71)39(65)29(22-60)79-53)83-51-47(73)43(69)40(66)30(80-51)23-76-36(63)20-35(62)75-9/h11,26-34,37-53,59-61,64-74H,10,12-24H2,1-9H3/t26-,27+,28+,29+,30+,31+,32-,33+,34-,37-,38+,39+,40+,41+,42-,43-,44-,45-,46+,47+,48+,49+,50+,51-,52-,53-,55-,56+,57+,58-/m0/s1. The van der Waals surface area contributed by atoms with E-state index >= 15 is 0 Å².